The Bertz CT molecular complexity index is 1270. The van der Waals surface area contributed by atoms with Crippen molar-refractivity contribution < 1.29 is 5.21 Å². The van der Waals surface area contributed by atoms with Crippen LogP contribution in [0.25, 0.3) is 28.0 Å². The number of rotatable bonds is 3. The lowest BCUT2D eigenvalue weighted by Gasteiger charge is -2.08. The van der Waals surface area contributed by atoms with Gasteiger partial charge in [0.05, 0.1) is 34.7 Å². The number of nitriles is 1. The predicted molar refractivity (Wildman–Crippen MR) is 106 cm³/mol. The summed E-state index contributed by atoms with van der Waals surface area (Å²) in [6, 6.07) is 17.1. The fraction of sp³-hybridized carbons (Fsp3) is 0.0952. The van der Waals surface area contributed by atoms with E-state index in [9.17, 15) is 5.26 Å². The van der Waals surface area contributed by atoms with Gasteiger partial charge in [0, 0.05) is 16.6 Å². The Morgan fingerprint density at radius 2 is 1.96 bits per heavy atom. The summed E-state index contributed by atoms with van der Waals surface area (Å²) < 4.78 is 1.72. The van der Waals surface area contributed by atoms with Gasteiger partial charge in [-0.05, 0) is 50.2 Å². The third-order valence-electron chi connectivity index (χ3n) is 4.47. The van der Waals surface area contributed by atoms with Crippen LogP contribution in [0.4, 0.5) is 0 Å². The molecule has 0 unspecified atom stereocenters. The van der Waals surface area contributed by atoms with E-state index in [1.807, 2.05) is 43.3 Å². The summed E-state index contributed by atoms with van der Waals surface area (Å²) in [5.74, 6) is 0.681. The number of pyridine rings is 2. The second-order valence-corrected chi connectivity index (χ2v) is 6.36. The highest BCUT2D eigenvalue weighted by atomic mass is 16.4. The number of benzene rings is 1. The minimum absolute atomic E-state index is 0.414. The SMILES string of the molecule is CC(=NO)c1cccc(-c2cc(C#N)c3cnn(-c4cccc(C)n4)c3c2)n1. The Balaban J connectivity index is 1.94. The van der Waals surface area contributed by atoms with Crippen molar-refractivity contribution >= 4 is 16.6 Å². The van der Waals surface area contributed by atoms with Gasteiger partial charge in [-0.1, -0.05) is 17.3 Å². The Labute approximate surface area is 161 Å². The molecule has 0 bridgehead atoms. The number of fused-ring (bicyclic) bond motifs is 1. The molecule has 0 spiro atoms. The smallest absolute Gasteiger partial charge is 0.154 e. The van der Waals surface area contributed by atoms with Crippen molar-refractivity contribution in [1.29, 1.82) is 5.26 Å². The monoisotopic (exact) mass is 368 g/mol. The van der Waals surface area contributed by atoms with Crippen molar-refractivity contribution in [2.45, 2.75) is 13.8 Å². The van der Waals surface area contributed by atoms with Crippen molar-refractivity contribution in [1.82, 2.24) is 19.7 Å². The van der Waals surface area contributed by atoms with Crippen molar-refractivity contribution in [3.8, 4) is 23.1 Å². The highest BCUT2D eigenvalue weighted by Gasteiger charge is 2.14. The van der Waals surface area contributed by atoms with E-state index in [4.69, 9.17) is 5.21 Å². The number of aromatic nitrogens is 4. The average Bonchev–Trinajstić information content (AvgIpc) is 3.16. The van der Waals surface area contributed by atoms with Gasteiger partial charge in [-0.25, -0.2) is 14.6 Å². The molecule has 7 heteroatoms. The molecular formula is C21H16N6O. The second kappa shape index (κ2) is 6.93. The zero-order valence-corrected chi connectivity index (χ0v) is 15.3. The molecule has 0 amide bonds. The van der Waals surface area contributed by atoms with Gasteiger partial charge < -0.3 is 5.21 Å². The molecule has 1 N–H and O–H groups in total. The summed E-state index contributed by atoms with van der Waals surface area (Å²) in [6.07, 6.45) is 1.67. The van der Waals surface area contributed by atoms with Crippen LogP contribution in [0.3, 0.4) is 0 Å². The highest BCUT2D eigenvalue weighted by molar-refractivity contribution is 5.97. The van der Waals surface area contributed by atoms with Gasteiger partial charge in [-0.15, -0.1) is 0 Å². The van der Waals surface area contributed by atoms with Crippen molar-refractivity contribution in [2.24, 2.45) is 5.16 Å². The van der Waals surface area contributed by atoms with Crippen LogP contribution in [0.5, 0.6) is 0 Å². The van der Waals surface area contributed by atoms with Crippen LogP contribution < -0.4 is 0 Å². The normalized spacial score (nSPS) is 11.5. The van der Waals surface area contributed by atoms with Gasteiger partial charge in [-0.2, -0.15) is 10.4 Å². The van der Waals surface area contributed by atoms with Gasteiger partial charge in [0.2, 0.25) is 0 Å². The first kappa shape index (κ1) is 17.4. The topological polar surface area (TPSA) is 100.0 Å². The molecule has 0 fully saturated rings. The van der Waals surface area contributed by atoms with Crippen LogP contribution >= 0.6 is 0 Å². The van der Waals surface area contributed by atoms with E-state index >= 15 is 0 Å². The zero-order valence-electron chi connectivity index (χ0n) is 15.3. The maximum absolute atomic E-state index is 9.64. The molecule has 0 aliphatic carbocycles. The Morgan fingerprint density at radius 3 is 2.71 bits per heavy atom. The molecule has 7 nitrogen and oxygen atoms in total. The van der Waals surface area contributed by atoms with E-state index in [1.165, 1.54) is 0 Å². The van der Waals surface area contributed by atoms with Crippen LogP contribution in [0.15, 0.2) is 59.9 Å². The molecule has 28 heavy (non-hydrogen) atoms. The summed E-state index contributed by atoms with van der Waals surface area (Å²) in [7, 11) is 0. The van der Waals surface area contributed by atoms with E-state index in [2.05, 4.69) is 26.3 Å². The van der Waals surface area contributed by atoms with E-state index in [0.29, 0.717) is 28.5 Å². The minimum atomic E-state index is 0.414. The maximum Gasteiger partial charge on any atom is 0.154 e. The van der Waals surface area contributed by atoms with E-state index < -0.39 is 0 Å². The quantitative estimate of drug-likeness (QED) is 0.336. The zero-order chi connectivity index (χ0) is 19.7. The maximum atomic E-state index is 9.64. The van der Waals surface area contributed by atoms with Gasteiger partial charge in [-0.3, -0.25) is 0 Å². The fourth-order valence-electron chi connectivity index (χ4n) is 3.04. The number of hydrogen-bond acceptors (Lipinski definition) is 6. The molecule has 0 aliphatic rings. The van der Waals surface area contributed by atoms with Crippen molar-refractivity contribution in [3.63, 3.8) is 0 Å². The lowest BCUT2D eigenvalue weighted by Crippen LogP contribution is -2.01. The lowest BCUT2D eigenvalue weighted by molar-refractivity contribution is 0.319. The number of oxime groups is 1. The molecule has 4 aromatic rings. The van der Waals surface area contributed by atoms with Crippen LogP contribution in [-0.4, -0.2) is 30.7 Å². The molecule has 0 saturated heterocycles. The number of hydrogen-bond donors (Lipinski definition) is 1. The molecule has 0 saturated carbocycles. The van der Waals surface area contributed by atoms with Gasteiger partial charge in [0.25, 0.3) is 0 Å². The van der Waals surface area contributed by atoms with E-state index in [1.54, 1.807) is 29.9 Å². The van der Waals surface area contributed by atoms with Crippen LogP contribution in [0.2, 0.25) is 0 Å². The predicted octanol–water partition coefficient (Wildman–Crippen LogP) is 3.86. The standard InChI is InChI=1S/C21H16N6O/c1-13-5-3-8-21(24-13)27-20-10-15(9-16(11-22)17(20)12-23-27)19-7-4-6-18(25-19)14(2)26-28/h3-10,12,28H,1-2H3. The third-order valence-corrected chi connectivity index (χ3v) is 4.47. The van der Waals surface area contributed by atoms with E-state index in [-0.39, 0.29) is 0 Å². The first-order valence-electron chi connectivity index (χ1n) is 8.63. The summed E-state index contributed by atoms with van der Waals surface area (Å²) in [4.78, 5) is 9.08. The summed E-state index contributed by atoms with van der Waals surface area (Å²) in [6.45, 7) is 3.59. The molecule has 0 aliphatic heterocycles. The van der Waals surface area contributed by atoms with Crippen LogP contribution in [0, 0.1) is 18.3 Å². The number of aryl methyl sites for hydroxylation is 1. The third kappa shape index (κ3) is 2.97. The summed E-state index contributed by atoms with van der Waals surface area (Å²) in [5, 5.41) is 27.1. The van der Waals surface area contributed by atoms with Gasteiger partial charge in [0.1, 0.15) is 5.71 Å². The Hall–Kier alpha value is -4.05. The number of nitrogens with zero attached hydrogens (tertiary/aromatic N) is 6. The molecule has 0 atom stereocenters. The molecule has 3 heterocycles. The van der Waals surface area contributed by atoms with Crippen molar-refractivity contribution in [3.05, 3.63) is 71.7 Å². The molecular weight excluding hydrogens is 352 g/mol. The van der Waals surface area contributed by atoms with Gasteiger partial charge >= 0.3 is 0 Å². The lowest BCUT2D eigenvalue weighted by atomic mass is 10.0. The molecule has 136 valence electrons. The van der Waals surface area contributed by atoms with Crippen molar-refractivity contribution in [2.75, 3.05) is 0 Å². The first-order chi connectivity index (χ1) is 13.6. The minimum Gasteiger partial charge on any atom is -0.411 e. The largest absolute Gasteiger partial charge is 0.411 e. The van der Waals surface area contributed by atoms with Crippen LogP contribution in [-0.2, 0) is 0 Å². The van der Waals surface area contributed by atoms with E-state index in [0.717, 1.165) is 22.2 Å². The fourth-order valence-corrected chi connectivity index (χ4v) is 3.04. The second-order valence-electron chi connectivity index (χ2n) is 6.36. The molecule has 1 aromatic carbocycles. The Kier molecular flexibility index (Phi) is 4.30. The summed E-state index contributed by atoms with van der Waals surface area (Å²) in [5.41, 5.74) is 4.57. The molecule has 4 rings (SSSR count). The molecule has 0 radical (unpaired) electrons. The summed E-state index contributed by atoms with van der Waals surface area (Å²) >= 11 is 0. The average molecular weight is 368 g/mol. The van der Waals surface area contributed by atoms with Gasteiger partial charge in [0.15, 0.2) is 5.82 Å². The van der Waals surface area contributed by atoms with Crippen LogP contribution in [0.1, 0.15) is 23.9 Å². The first-order valence-corrected chi connectivity index (χ1v) is 8.63. The molecule has 3 aromatic heterocycles. The Morgan fingerprint density at radius 1 is 1.14 bits per heavy atom. The highest BCUT2D eigenvalue weighted by Crippen LogP contribution is 2.28.